The number of fused-ring (bicyclic) bond motifs is 2. The molecule has 4 rings (SSSR count). The van der Waals surface area contributed by atoms with Gasteiger partial charge in [-0.05, 0) is 36.8 Å². The number of pyridine rings is 1. The summed E-state index contributed by atoms with van der Waals surface area (Å²) in [5, 5.41) is 0. The molecular weight excluding hydrogens is 262 g/mol. The van der Waals surface area contributed by atoms with Crippen molar-refractivity contribution in [1.29, 1.82) is 0 Å². The van der Waals surface area contributed by atoms with Crippen LogP contribution >= 0.6 is 0 Å². The molecule has 0 amide bonds. The molecule has 2 atom stereocenters. The van der Waals surface area contributed by atoms with Gasteiger partial charge in [0, 0.05) is 19.3 Å². The predicted octanol–water partition coefficient (Wildman–Crippen LogP) is 3.16. The van der Waals surface area contributed by atoms with Gasteiger partial charge in [0.25, 0.3) is 0 Å². The van der Waals surface area contributed by atoms with E-state index in [0.717, 1.165) is 42.7 Å². The van der Waals surface area contributed by atoms with Crippen molar-refractivity contribution in [3.8, 4) is 0 Å². The fourth-order valence-corrected chi connectivity index (χ4v) is 4.14. The quantitative estimate of drug-likeness (QED) is 0.795. The number of imidazole rings is 1. The number of hydrogen-bond donors (Lipinski definition) is 0. The van der Waals surface area contributed by atoms with E-state index >= 15 is 0 Å². The zero-order valence-electron chi connectivity index (χ0n) is 12.2. The molecule has 2 unspecified atom stereocenters. The van der Waals surface area contributed by atoms with E-state index in [2.05, 4.69) is 4.90 Å². The number of hydrogen-bond acceptors (Lipinski definition) is 3. The number of carbonyl (C=O) groups excluding carboxylic acids is 1. The lowest BCUT2D eigenvalue weighted by Crippen LogP contribution is -2.42. The van der Waals surface area contributed by atoms with Gasteiger partial charge in [0.2, 0.25) is 0 Å². The van der Waals surface area contributed by atoms with Crippen LogP contribution in [-0.2, 0) is 0 Å². The van der Waals surface area contributed by atoms with Crippen LogP contribution in [0.2, 0.25) is 0 Å². The molecule has 2 fully saturated rings. The van der Waals surface area contributed by atoms with Gasteiger partial charge in [0.15, 0.2) is 12.1 Å². The Morgan fingerprint density at radius 3 is 2.86 bits per heavy atom. The molecule has 1 saturated heterocycles. The highest BCUT2D eigenvalue weighted by Crippen LogP contribution is 2.37. The van der Waals surface area contributed by atoms with Gasteiger partial charge in [0.05, 0.1) is 0 Å². The van der Waals surface area contributed by atoms with E-state index < -0.39 is 0 Å². The maximum atomic E-state index is 11.5. The molecule has 21 heavy (non-hydrogen) atoms. The van der Waals surface area contributed by atoms with Crippen LogP contribution in [0.3, 0.4) is 0 Å². The van der Waals surface area contributed by atoms with Crippen molar-refractivity contribution < 1.29 is 4.79 Å². The summed E-state index contributed by atoms with van der Waals surface area (Å²) in [6.45, 7) is 2.10. The van der Waals surface area contributed by atoms with Gasteiger partial charge in [0.1, 0.15) is 11.3 Å². The summed E-state index contributed by atoms with van der Waals surface area (Å²) in [4.78, 5) is 18.6. The average Bonchev–Trinajstić information content (AvgIpc) is 2.93. The summed E-state index contributed by atoms with van der Waals surface area (Å²) >= 11 is 0. The molecule has 0 bridgehead atoms. The van der Waals surface area contributed by atoms with Gasteiger partial charge in [-0.2, -0.15) is 0 Å². The summed E-state index contributed by atoms with van der Waals surface area (Å²) in [7, 11) is 0. The first-order chi connectivity index (χ1) is 10.4. The Hall–Kier alpha value is -1.84. The van der Waals surface area contributed by atoms with E-state index in [4.69, 9.17) is 4.98 Å². The number of carbonyl (C=O) groups is 1. The van der Waals surface area contributed by atoms with Crippen LogP contribution in [0.5, 0.6) is 0 Å². The third-order valence-corrected chi connectivity index (χ3v) is 5.25. The van der Waals surface area contributed by atoms with E-state index in [9.17, 15) is 4.79 Å². The van der Waals surface area contributed by atoms with Gasteiger partial charge in [-0.3, -0.25) is 9.20 Å². The molecule has 4 nitrogen and oxygen atoms in total. The van der Waals surface area contributed by atoms with Crippen molar-refractivity contribution in [2.24, 2.45) is 11.8 Å². The Morgan fingerprint density at radius 1 is 1.14 bits per heavy atom. The first-order valence-corrected chi connectivity index (χ1v) is 8.04. The lowest BCUT2D eigenvalue weighted by atomic mass is 9.75. The number of anilines is 1. The first-order valence-electron chi connectivity index (χ1n) is 8.04. The topological polar surface area (TPSA) is 37.6 Å². The fourth-order valence-electron chi connectivity index (χ4n) is 4.14. The molecule has 1 aliphatic heterocycles. The minimum atomic E-state index is 0.694. The zero-order chi connectivity index (χ0) is 14.2. The van der Waals surface area contributed by atoms with Crippen molar-refractivity contribution in [2.75, 3.05) is 18.0 Å². The van der Waals surface area contributed by atoms with Crippen LogP contribution < -0.4 is 4.90 Å². The normalized spacial score (nSPS) is 25.8. The van der Waals surface area contributed by atoms with Gasteiger partial charge < -0.3 is 4.90 Å². The Kier molecular flexibility index (Phi) is 3.17. The lowest BCUT2D eigenvalue weighted by molar-refractivity contribution is 0.111. The minimum Gasteiger partial charge on any atom is -0.354 e. The van der Waals surface area contributed by atoms with Crippen LogP contribution in [0.4, 0.5) is 5.82 Å². The van der Waals surface area contributed by atoms with Crippen LogP contribution in [0.1, 0.15) is 42.6 Å². The van der Waals surface area contributed by atoms with Crippen molar-refractivity contribution in [3.63, 3.8) is 0 Å². The molecule has 0 radical (unpaired) electrons. The second-order valence-electron chi connectivity index (χ2n) is 6.41. The van der Waals surface area contributed by atoms with Gasteiger partial charge in [-0.25, -0.2) is 4.98 Å². The zero-order valence-corrected chi connectivity index (χ0v) is 12.2. The number of rotatable bonds is 2. The Labute approximate surface area is 124 Å². The molecule has 0 aromatic carbocycles. The molecule has 1 saturated carbocycles. The Bertz CT molecular complexity index is 663. The highest BCUT2D eigenvalue weighted by molar-refractivity contribution is 5.83. The minimum absolute atomic E-state index is 0.694. The lowest BCUT2D eigenvalue weighted by Gasteiger charge is -2.41. The van der Waals surface area contributed by atoms with Crippen molar-refractivity contribution in [2.45, 2.75) is 32.1 Å². The second-order valence-corrected chi connectivity index (χ2v) is 6.41. The number of aldehydes is 1. The molecule has 0 N–H and O–H groups in total. The standard InChI is InChI=1S/C17H21N3O/c21-12-15-17(18-16-7-3-4-9-20(15)16)19-10-8-13-5-1-2-6-14(13)11-19/h3-4,7,9,12-14H,1-2,5-6,8,10-11H2. The highest BCUT2D eigenvalue weighted by Gasteiger charge is 2.32. The van der Waals surface area contributed by atoms with Crippen molar-refractivity contribution >= 4 is 17.8 Å². The summed E-state index contributed by atoms with van der Waals surface area (Å²) < 4.78 is 1.90. The van der Waals surface area contributed by atoms with Crippen LogP contribution in [0, 0.1) is 11.8 Å². The van der Waals surface area contributed by atoms with Crippen molar-refractivity contribution in [3.05, 3.63) is 30.1 Å². The summed E-state index contributed by atoms with van der Waals surface area (Å²) in [5.41, 5.74) is 1.56. The molecule has 4 heteroatoms. The molecular formula is C17H21N3O. The molecule has 2 aromatic rings. The Balaban J connectivity index is 1.68. The molecule has 2 aliphatic rings. The average molecular weight is 283 g/mol. The number of aromatic nitrogens is 2. The third kappa shape index (κ3) is 2.13. The van der Waals surface area contributed by atoms with Gasteiger partial charge in [-0.15, -0.1) is 0 Å². The summed E-state index contributed by atoms with van der Waals surface area (Å²) in [6.07, 6.45) is 9.60. The largest absolute Gasteiger partial charge is 0.354 e. The molecule has 3 heterocycles. The first kappa shape index (κ1) is 12.9. The van der Waals surface area contributed by atoms with Crippen LogP contribution in [-0.4, -0.2) is 28.8 Å². The molecule has 1 aliphatic carbocycles. The Morgan fingerprint density at radius 2 is 2.00 bits per heavy atom. The van der Waals surface area contributed by atoms with E-state index in [-0.39, 0.29) is 0 Å². The summed E-state index contributed by atoms with van der Waals surface area (Å²) in [5.74, 6) is 2.56. The van der Waals surface area contributed by atoms with Gasteiger partial charge >= 0.3 is 0 Å². The number of piperidine rings is 1. The van der Waals surface area contributed by atoms with Crippen LogP contribution in [0.25, 0.3) is 5.65 Å². The monoisotopic (exact) mass is 283 g/mol. The molecule has 110 valence electrons. The fraction of sp³-hybridized carbons (Fsp3) is 0.529. The maximum Gasteiger partial charge on any atom is 0.170 e. The van der Waals surface area contributed by atoms with Gasteiger partial charge in [-0.1, -0.05) is 25.3 Å². The maximum absolute atomic E-state index is 11.5. The van der Waals surface area contributed by atoms with E-state index in [1.165, 1.54) is 32.1 Å². The van der Waals surface area contributed by atoms with E-state index in [1.54, 1.807) is 0 Å². The second kappa shape index (κ2) is 5.17. The predicted molar refractivity (Wildman–Crippen MR) is 82.9 cm³/mol. The third-order valence-electron chi connectivity index (χ3n) is 5.25. The van der Waals surface area contributed by atoms with E-state index in [0.29, 0.717) is 5.69 Å². The molecule has 2 aromatic heterocycles. The van der Waals surface area contributed by atoms with Crippen molar-refractivity contribution in [1.82, 2.24) is 9.38 Å². The smallest absolute Gasteiger partial charge is 0.170 e. The molecule has 0 spiro atoms. The number of nitrogens with zero attached hydrogens (tertiary/aromatic N) is 3. The summed E-state index contributed by atoms with van der Waals surface area (Å²) in [6, 6.07) is 5.87. The SMILES string of the molecule is O=Cc1c(N2CCC3CCCCC3C2)nc2ccccn12. The van der Waals surface area contributed by atoms with E-state index in [1.807, 2.05) is 28.8 Å². The highest BCUT2D eigenvalue weighted by atomic mass is 16.1. The van der Waals surface area contributed by atoms with Crippen LogP contribution in [0.15, 0.2) is 24.4 Å².